The van der Waals surface area contributed by atoms with Gasteiger partial charge in [0.1, 0.15) is 0 Å². The predicted octanol–water partition coefficient (Wildman–Crippen LogP) is 5.19. The molecule has 1 atom stereocenters. The van der Waals surface area contributed by atoms with Crippen molar-refractivity contribution in [3.8, 4) is 0 Å². The molecule has 0 fully saturated rings. The number of rotatable bonds is 9. The van der Waals surface area contributed by atoms with Crippen molar-refractivity contribution in [3.63, 3.8) is 0 Å². The lowest BCUT2D eigenvalue weighted by atomic mass is 10.0. The molecule has 0 aliphatic rings. The summed E-state index contributed by atoms with van der Waals surface area (Å²) in [6.07, 6.45) is 5.70. The molecule has 2 aromatic rings. The zero-order valence-electron chi connectivity index (χ0n) is 14.3. The molecule has 1 amide bonds. The average molecular weight is 344 g/mol. The minimum Gasteiger partial charge on any atom is -0.353 e. The Labute approximate surface area is 150 Å². The second-order valence-electron chi connectivity index (χ2n) is 6.23. The molecule has 0 heterocycles. The molecule has 128 valence electrons. The maximum Gasteiger partial charge on any atom is 0.224 e. The molecule has 0 spiro atoms. The smallest absolute Gasteiger partial charge is 0.224 e. The van der Waals surface area contributed by atoms with E-state index in [0.717, 1.165) is 37.7 Å². The number of amides is 1. The van der Waals surface area contributed by atoms with Crippen LogP contribution in [-0.2, 0) is 17.6 Å². The normalized spacial score (nSPS) is 11.9. The van der Waals surface area contributed by atoms with Crippen molar-refractivity contribution >= 4 is 17.5 Å². The third-order valence-electron chi connectivity index (χ3n) is 4.14. The molecule has 0 aliphatic heterocycles. The molecule has 3 heteroatoms. The molecule has 2 nitrogen and oxygen atoms in total. The average Bonchev–Trinajstić information content (AvgIpc) is 2.58. The topological polar surface area (TPSA) is 29.1 Å². The number of nitrogens with one attached hydrogen (secondary N) is 1. The second kappa shape index (κ2) is 10.1. The van der Waals surface area contributed by atoms with Crippen LogP contribution in [0.1, 0.15) is 43.7 Å². The van der Waals surface area contributed by atoms with Gasteiger partial charge < -0.3 is 5.32 Å². The quantitative estimate of drug-likeness (QED) is 0.667. The monoisotopic (exact) mass is 343 g/mol. The third-order valence-corrected chi connectivity index (χ3v) is 4.39. The summed E-state index contributed by atoms with van der Waals surface area (Å²) in [5.74, 6) is 0.0930. The number of aryl methyl sites for hydroxylation is 1. The Morgan fingerprint density at radius 3 is 2.38 bits per heavy atom. The van der Waals surface area contributed by atoms with Crippen LogP contribution in [0, 0.1) is 0 Å². The molecular weight excluding hydrogens is 318 g/mol. The molecule has 0 saturated heterocycles. The lowest BCUT2D eigenvalue weighted by molar-refractivity contribution is -0.121. The van der Waals surface area contributed by atoms with Crippen LogP contribution in [0.15, 0.2) is 54.6 Å². The van der Waals surface area contributed by atoms with Crippen LogP contribution in [0.4, 0.5) is 0 Å². The summed E-state index contributed by atoms with van der Waals surface area (Å²) >= 11 is 5.88. The fourth-order valence-corrected chi connectivity index (χ4v) is 3.03. The van der Waals surface area contributed by atoms with Crippen molar-refractivity contribution in [2.24, 2.45) is 0 Å². The number of benzene rings is 2. The molecule has 0 saturated carbocycles. The van der Waals surface area contributed by atoms with Gasteiger partial charge in [0.15, 0.2) is 0 Å². The molecule has 0 aliphatic carbocycles. The highest BCUT2D eigenvalue weighted by atomic mass is 35.5. The minimum absolute atomic E-state index is 0.0930. The maximum absolute atomic E-state index is 12.3. The summed E-state index contributed by atoms with van der Waals surface area (Å²) < 4.78 is 0. The molecule has 0 radical (unpaired) electrons. The van der Waals surface area contributed by atoms with Crippen molar-refractivity contribution in [2.45, 2.75) is 51.5 Å². The zero-order valence-corrected chi connectivity index (χ0v) is 15.1. The van der Waals surface area contributed by atoms with Gasteiger partial charge in [0, 0.05) is 11.1 Å². The number of hydrogen-bond donors (Lipinski definition) is 1. The van der Waals surface area contributed by atoms with Gasteiger partial charge in [-0.1, -0.05) is 67.4 Å². The summed E-state index contributed by atoms with van der Waals surface area (Å²) in [6.45, 7) is 2.16. The van der Waals surface area contributed by atoms with Crippen molar-refractivity contribution in [3.05, 3.63) is 70.7 Å². The number of hydrogen-bond acceptors (Lipinski definition) is 1. The van der Waals surface area contributed by atoms with Gasteiger partial charge in [-0.25, -0.2) is 0 Å². The first-order valence-corrected chi connectivity index (χ1v) is 9.13. The molecule has 2 rings (SSSR count). The summed E-state index contributed by atoms with van der Waals surface area (Å²) in [6, 6.07) is 18.2. The first-order valence-electron chi connectivity index (χ1n) is 8.75. The van der Waals surface area contributed by atoms with E-state index in [0.29, 0.717) is 11.4 Å². The van der Waals surface area contributed by atoms with Crippen LogP contribution in [0.5, 0.6) is 0 Å². The summed E-state index contributed by atoms with van der Waals surface area (Å²) in [5.41, 5.74) is 2.36. The molecule has 2 aromatic carbocycles. The van der Waals surface area contributed by atoms with E-state index in [-0.39, 0.29) is 11.9 Å². The lowest BCUT2D eigenvalue weighted by Crippen LogP contribution is -2.35. The first kappa shape index (κ1) is 18.5. The van der Waals surface area contributed by atoms with Crippen LogP contribution in [-0.4, -0.2) is 11.9 Å². The Hall–Kier alpha value is -1.80. The minimum atomic E-state index is 0.0930. The van der Waals surface area contributed by atoms with Gasteiger partial charge in [0.25, 0.3) is 0 Å². The maximum atomic E-state index is 12.3. The first-order chi connectivity index (χ1) is 11.7. The van der Waals surface area contributed by atoms with E-state index < -0.39 is 0 Å². The van der Waals surface area contributed by atoms with Crippen molar-refractivity contribution in [1.82, 2.24) is 5.32 Å². The summed E-state index contributed by atoms with van der Waals surface area (Å²) in [5, 5.41) is 3.89. The van der Waals surface area contributed by atoms with Crippen LogP contribution >= 0.6 is 11.6 Å². The molecule has 0 bridgehead atoms. The Bertz CT molecular complexity index is 609. The van der Waals surface area contributed by atoms with Crippen LogP contribution in [0.3, 0.4) is 0 Å². The Kier molecular flexibility index (Phi) is 7.84. The van der Waals surface area contributed by atoms with E-state index in [4.69, 9.17) is 11.6 Å². The van der Waals surface area contributed by atoms with E-state index in [1.54, 1.807) is 0 Å². The summed E-state index contributed by atoms with van der Waals surface area (Å²) in [7, 11) is 0. The molecule has 0 unspecified atom stereocenters. The van der Waals surface area contributed by atoms with Gasteiger partial charge in [-0.2, -0.15) is 0 Å². The van der Waals surface area contributed by atoms with Crippen molar-refractivity contribution < 1.29 is 4.79 Å². The lowest BCUT2D eigenvalue weighted by Gasteiger charge is -2.18. The SMILES string of the molecule is CCC[C@@H](CCCc1ccccc1)NC(=O)Cc1ccc(Cl)cc1. The Morgan fingerprint density at radius 1 is 1.00 bits per heavy atom. The van der Waals surface area contributed by atoms with Crippen LogP contribution < -0.4 is 5.32 Å². The van der Waals surface area contributed by atoms with E-state index in [9.17, 15) is 4.79 Å². The fourth-order valence-electron chi connectivity index (χ4n) is 2.90. The molecule has 1 N–H and O–H groups in total. The zero-order chi connectivity index (χ0) is 17.2. The van der Waals surface area contributed by atoms with E-state index >= 15 is 0 Å². The van der Waals surface area contributed by atoms with E-state index in [1.165, 1.54) is 5.56 Å². The van der Waals surface area contributed by atoms with Gasteiger partial charge in [0.05, 0.1) is 6.42 Å². The van der Waals surface area contributed by atoms with Crippen molar-refractivity contribution in [2.75, 3.05) is 0 Å². The predicted molar refractivity (Wildman–Crippen MR) is 101 cm³/mol. The highest BCUT2D eigenvalue weighted by Gasteiger charge is 2.12. The van der Waals surface area contributed by atoms with Crippen LogP contribution in [0.2, 0.25) is 5.02 Å². The van der Waals surface area contributed by atoms with Crippen molar-refractivity contribution in [1.29, 1.82) is 0 Å². The summed E-state index contributed by atoms with van der Waals surface area (Å²) in [4.78, 5) is 12.3. The van der Waals surface area contributed by atoms with Gasteiger partial charge in [-0.3, -0.25) is 4.79 Å². The van der Waals surface area contributed by atoms with Crippen LogP contribution in [0.25, 0.3) is 0 Å². The largest absolute Gasteiger partial charge is 0.353 e. The van der Waals surface area contributed by atoms with Gasteiger partial charge in [-0.05, 0) is 48.9 Å². The number of halogens is 1. The fraction of sp³-hybridized carbons (Fsp3) is 0.381. The Morgan fingerprint density at radius 2 is 1.71 bits per heavy atom. The highest BCUT2D eigenvalue weighted by molar-refractivity contribution is 6.30. The Balaban J connectivity index is 1.78. The van der Waals surface area contributed by atoms with E-state index in [2.05, 4.69) is 36.5 Å². The molecular formula is C21H26ClNO. The molecule has 0 aromatic heterocycles. The number of carbonyl (C=O) groups excluding carboxylic acids is 1. The van der Waals surface area contributed by atoms with Gasteiger partial charge in [0.2, 0.25) is 5.91 Å². The standard InChI is InChI=1S/C21H26ClNO/c1-2-7-20(11-6-10-17-8-4-3-5-9-17)23-21(24)16-18-12-14-19(22)15-13-18/h3-5,8-9,12-15,20H,2,6-7,10-11,16H2,1H3,(H,23,24)/t20-/m0/s1. The van der Waals surface area contributed by atoms with Gasteiger partial charge in [-0.15, -0.1) is 0 Å². The second-order valence-corrected chi connectivity index (χ2v) is 6.67. The van der Waals surface area contributed by atoms with E-state index in [1.807, 2.05) is 30.3 Å². The molecule has 24 heavy (non-hydrogen) atoms. The number of carbonyl (C=O) groups is 1. The third kappa shape index (κ3) is 6.76. The van der Waals surface area contributed by atoms with Gasteiger partial charge >= 0.3 is 0 Å². The highest BCUT2D eigenvalue weighted by Crippen LogP contribution is 2.12.